The fourth-order valence-electron chi connectivity index (χ4n) is 1.72. The molecule has 0 bridgehead atoms. The Labute approximate surface area is 91.7 Å². The molecular weight excluding hydrogens is 250 g/mol. The van der Waals surface area contributed by atoms with E-state index in [9.17, 15) is 22.0 Å². The van der Waals surface area contributed by atoms with E-state index >= 15 is 0 Å². The third-order valence-corrected chi connectivity index (χ3v) is 4.56. The average Bonchev–Trinajstić information content (AvgIpc) is 2.00. The highest BCUT2D eigenvalue weighted by Crippen LogP contribution is 2.31. The third-order valence-electron chi connectivity index (χ3n) is 2.39. The minimum absolute atomic E-state index is 0.0455. The van der Waals surface area contributed by atoms with Crippen LogP contribution in [-0.4, -0.2) is 31.1 Å². The summed E-state index contributed by atoms with van der Waals surface area (Å²) in [5.41, 5.74) is 0. The van der Waals surface area contributed by atoms with Crippen molar-refractivity contribution < 1.29 is 22.0 Å². The van der Waals surface area contributed by atoms with Crippen LogP contribution in [0.2, 0.25) is 0 Å². The number of halogens is 3. The lowest BCUT2D eigenvalue weighted by Crippen LogP contribution is -2.33. The Morgan fingerprint density at radius 1 is 1.47 bits per heavy atom. The van der Waals surface area contributed by atoms with Crippen molar-refractivity contribution in [3.05, 3.63) is 0 Å². The van der Waals surface area contributed by atoms with Crippen molar-refractivity contribution >= 4 is 26.7 Å². The van der Waals surface area contributed by atoms with Gasteiger partial charge in [-0.15, -0.1) is 0 Å². The second-order valence-electron chi connectivity index (χ2n) is 3.80. The molecule has 0 aromatic carbocycles. The van der Waals surface area contributed by atoms with Crippen LogP contribution in [0.1, 0.15) is 19.3 Å². The van der Waals surface area contributed by atoms with Gasteiger partial charge in [-0.2, -0.15) is 8.78 Å². The van der Waals surface area contributed by atoms with Crippen LogP contribution in [0.4, 0.5) is 8.78 Å². The summed E-state index contributed by atoms with van der Waals surface area (Å²) in [7, 11) is -3.22. The van der Waals surface area contributed by atoms with Gasteiger partial charge in [0.1, 0.15) is 0 Å². The van der Waals surface area contributed by atoms with Gasteiger partial charge >= 0.3 is 5.92 Å². The van der Waals surface area contributed by atoms with Gasteiger partial charge in [-0.1, -0.05) is 0 Å². The van der Waals surface area contributed by atoms with Gasteiger partial charge in [-0.05, 0) is 30.4 Å². The van der Waals surface area contributed by atoms with E-state index < -0.39 is 33.3 Å². The minimum Gasteiger partial charge on any atom is -0.274 e. The Bertz CT molecular complexity index is 353. The van der Waals surface area contributed by atoms with Crippen LogP contribution in [0, 0.1) is 5.92 Å². The summed E-state index contributed by atoms with van der Waals surface area (Å²) in [5, 5.41) is -1.72. The molecule has 0 N–H and O–H groups in total. The summed E-state index contributed by atoms with van der Waals surface area (Å²) >= 11 is 4.72. The molecule has 1 fully saturated rings. The SMILES string of the molecule is O=C(Cl)C(F)(F)CC1CCCS(=O)(=O)C1. The number of alkyl halides is 2. The molecule has 0 radical (unpaired) electrons. The Morgan fingerprint density at radius 3 is 2.53 bits per heavy atom. The maximum Gasteiger partial charge on any atom is 0.320 e. The first-order valence-corrected chi connectivity index (χ1v) is 6.71. The van der Waals surface area contributed by atoms with Crippen molar-refractivity contribution in [1.82, 2.24) is 0 Å². The van der Waals surface area contributed by atoms with Crippen molar-refractivity contribution in [1.29, 1.82) is 0 Å². The quantitative estimate of drug-likeness (QED) is 0.725. The largest absolute Gasteiger partial charge is 0.320 e. The standard InChI is InChI=1S/C8H11ClF2O3S/c9-7(12)8(10,11)4-6-2-1-3-15(13,14)5-6/h6H,1-5H2. The van der Waals surface area contributed by atoms with Gasteiger partial charge in [0.25, 0.3) is 5.24 Å². The second kappa shape index (κ2) is 4.33. The lowest BCUT2D eigenvalue weighted by molar-refractivity contribution is -0.136. The molecule has 1 aliphatic heterocycles. The summed E-state index contributed by atoms with van der Waals surface area (Å²) in [6.07, 6.45) is 0.00705. The molecule has 0 spiro atoms. The lowest BCUT2D eigenvalue weighted by Gasteiger charge is -2.24. The molecule has 0 aromatic rings. The Hall–Kier alpha value is -0.230. The van der Waals surface area contributed by atoms with E-state index in [1.165, 1.54) is 0 Å². The van der Waals surface area contributed by atoms with Crippen molar-refractivity contribution in [3.63, 3.8) is 0 Å². The van der Waals surface area contributed by atoms with E-state index in [-0.39, 0.29) is 11.5 Å². The van der Waals surface area contributed by atoms with E-state index in [2.05, 4.69) is 0 Å². The van der Waals surface area contributed by atoms with Crippen LogP contribution in [0.5, 0.6) is 0 Å². The van der Waals surface area contributed by atoms with Gasteiger partial charge in [0.2, 0.25) is 0 Å². The zero-order valence-corrected chi connectivity index (χ0v) is 9.45. The molecule has 1 unspecified atom stereocenters. The van der Waals surface area contributed by atoms with Gasteiger partial charge in [-0.3, -0.25) is 4.79 Å². The van der Waals surface area contributed by atoms with Crippen LogP contribution in [-0.2, 0) is 14.6 Å². The van der Waals surface area contributed by atoms with Gasteiger partial charge in [0.05, 0.1) is 11.5 Å². The third kappa shape index (κ3) is 3.68. The fraction of sp³-hybridized carbons (Fsp3) is 0.875. The van der Waals surface area contributed by atoms with Gasteiger partial charge in [-0.25, -0.2) is 8.42 Å². The zero-order chi connectivity index (χ0) is 11.7. The molecule has 0 aliphatic carbocycles. The Kier molecular flexibility index (Phi) is 3.71. The zero-order valence-electron chi connectivity index (χ0n) is 7.88. The minimum atomic E-state index is -3.61. The topological polar surface area (TPSA) is 51.2 Å². The number of rotatable bonds is 3. The number of hydrogen-bond donors (Lipinski definition) is 0. The van der Waals surface area contributed by atoms with Crippen LogP contribution in [0.25, 0.3) is 0 Å². The number of carbonyl (C=O) groups excluding carboxylic acids is 1. The molecule has 1 aliphatic rings. The normalized spacial score (nSPS) is 26.2. The van der Waals surface area contributed by atoms with E-state index in [0.717, 1.165) is 0 Å². The first-order chi connectivity index (χ1) is 6.73. The number of sulfone groups is 1. The van der Waals surface area contributed by atoms with E-state index in [4.69, 9.17) is 11.6 Å². The highest BCUT2D eigenvalue weighted by atomic mass is 35.5. The summed E-state index contributed by atoms with van der Waals surface area (Å²) in [5.74, 6) is -4.50. The highest BCUT2D eigenvalue weighted by Gasteiger charge is 2.41. The van der Waals surface area contributed by atoms with E-state index in [0.29, 0.717) is 12.8 Å². The maximum absolute atomic E-state index is 12.9. The summed E-state index contributed by atoms with van der Waals surface area (Å²) in [6, 6.07) is 0. The maximum atomic E-state index is 12.9. The van der Waals surface area contributed by atoms with Crippen LogP contribution >= 0.6 is 11.6 Å². The molecule has 0 aromatic heterocycles. The first-order valence-electron chi connectivity index (χ1n) is 4.51. The van der Waals surface area contributed by atoms with Crippen molar-refractivity contribution in [2.24, 2.45) is 5.92 Å². The molecule has 7 heteroatoms. The molecule has 88 valence electrons. The molecule has 0 amide bonds. The lowest BCUT2D eigenvalue weighted by atomic mass is 9.98. The molecule has 15 heavy (non-hydrogen) atoms. The molecule has 1 atom stereocenters. The predicted molar refractivity (Wildman–Crippen MR) is 51.8 cm³/mol. The van der Waals surface area contributed by atoms with Gasteiger partial charge in [0, 0.05) is 6.42 Å². The molecule has 1 saturated heterocycles. The predicted octanol–water partition coefficient (Wildman–Crippen LogP) is 1.60. The first kappa shape index (κ1) is 12.8. The van der Waals surface area contributed by atoms with Crippen LogP contribution < -0.4 is 0 Å². The summed E-state index contributed by atoms with van der Waals surface area (Å²) in [6.45, 7) is 0. The van der Waals surface area contributed by atoms with Crippen LogP contribution in [0.3, 0.4) is 0 Å². The number of carbonyl (C=O) groups is 1. The molecule has 1 heterocycles. The highest BCUT2D eigenvalue weighted by molar-refractivity contribution is 7.91. The fourth-order valence-corrected chi connectivity index (χ4v) is 3.57. The molecular formula is C8H11ClF2O3S. The van der Waals surface area contributed by atoms with E-state index in [1.807, 2.05) is 0 Å². The molecule has 1 rings (SSSR count). The molecule has 0 saturated carbocycles. The van der Waals surface area contributed by atoms with Crippen molar-refractivity contribution in [2.45, 2.75) is 25.2 Å². The summed E-state index contributed by atoms with van der Waals surface area (Å²) in [4.78, 5) is 10.4. The van der Waals surface area contributed by atoms with E-state index in [1.54, 1.807) is 0 Å². The van der Waals surface area contributed by atoms with Gasteiger partial charge < -0.3 is 0 Å². The number of hydrogen-bond acceptors (Lipinski definition) is 3. The summed E-state index contributed by atoms with van der Waals surface area (Å²) < 4.78 is 48.1. The smallest absolute Gasteiger partial charge is 0.274 e. The second-order valence-corrected chi connectivity index (χ2v) is 6.38. The van der Waals surface area contributed by atoms with Crippen LogP contribution in [0.15, 0.2) is 0 Å². The average molecular weight is 261 g/mol. The molecule has 3 nitrogen and oxygen atoms in total. The van der Waals surface area contributed by atoms with Crippen molar-refractivity contribution in [2.75, 3.05) is 11.5 Å². The van der Waals surface area contributed by atoms with Crippen molar-refractivity contribution in [3.8, 4) is 0 Å². The Morgan fingerprint density at radius 2 is 2.07 bits per heavy atom. The Balaban J connectivity index is 2.63. The monoisotopic (exact) mass is 260 g/mol. The van der Waals surface area contributed by atoms with Gasteiger partial charge in [0.15, 0.2) is 9.84 Å².